The van der Waals surface area contributed by atoms with Gasteiger partial charge in [-0.1, -0.05) is 0 Å². The van der Waals surface area contributed by atoms with E-state index in [2.05, 4.69) is 10.2 Å². The minimum absolute atomic E-state index is 0.337. The summed E-state index contributed by atoms with van der Waals surface area (Å²) in [6, 6.07) is 1.37. The summed E-state index contributed by atoms with van der Waals surface area (Å²) < 4.78 is 0. The number of likely N-dealkylation sites (tertiary alicyclic amines) is 1. The van der Waals surface area contributed by atoms with Gasteiger partial charge in [-0.05, 0) is 38.8 Å². The largest absolute Gasteiger partial charge is 0.396 e. The van der Waals surface area contributed by atoms with Gasteiger partial charge in [0, 0.05) is 25.2 Å². The van der Waals surface area contributed by atoms with Crippen molar-refractivity contribution in [2.24, 2.45) is 5.92 Å². The number of rotatable bonds is 3. The smallest absolute Gasteiger partial charge is 0.0475 e. The first-order chi connectivity index (χ1) is 6.35. The van der Waals surface area contributed by atoms with Crippen LogP contribution in [0.3, 0.4) is 0 Å². The number of hydrogen-bond donors (Lipinski definition) is 2. The number of nitrogens with zero attached hydrogens (tertiary/aromatic N) is 1. The molecule has 0 aromatic heterocycles. The maximum atomic E-state index is 9.17. The van der Waals surface area contributed by atoms with Crippen molar-refractivity contribution < 1.29 is 5.11 Å². The van der Waals surface area contributed by atoms with Gasteiger partial charge in [-0.15, -0.1) is 0 Å². The average Bonchev–Trinajstić information content (AvgIpc) is 3.00. The first-order valence-corrected chi connectivity index (χ1v) is 5.37. The minimum atomic E-state index is 0.337. The molecule has 1 saturated heterocycles. The molecule has 0 aromatic carbocycles. The van der Waals surface area contributed by atoms with Crippen molar-refractivity contribution in [1.82, 2.24) is 10.2 Å². The van der Waals surface area contributed by atoms with Gasteiger partial charge < -0.3 is 10.4 Å². The third-order valence-electron chi connectivity index (χ3n) is 3.46. The van der Waals surface area contributed by atoms with Gasteiger partial charge in [0.2, 0.25) is 0 Å². The molecule has 13 heavy (non-hydrogen) atoms. The van der Waals surface area contributed by atoms with E-state index in [1.807, 2.05) is 7.05 Å². The van der Waals surface area contributed by atoms with Crippen LogP contribution in [0.25, 0.3) is 0 Å². The van der Waals surface area contributed by atoms with E-state index in [9.17, 15) is 5.11 Å². The molecule has 1 heterocycles. The SMILES string of the molecule is CNC1CN(C2CC2)CCC1CO. The fourth-order valence-electron chi connectivity index (χ4n) is 2.34. The Morgan fingerprint density at radius 2 is 2.15 bits per heavy atom. The van der Waals surface area contributed by atoms with Gasteiger partial charge >= 0.3 is 0 Å². The lowest BCUT2D eigenvalue weighted by molar-refractivity contribution is 0.0945. The molecular weight excluding hydrogens is 164 g/mol. The highest BCUT2D eigenvalue weighted by molar-refractivity contribution is 4.92. The zero-order valence-corrected chi connectivity index (χ0v) is 8.37. The summed E-state index contributed by atoms with van der Waals surface area (Å²) in [5.41, 5.74) is 0. The van der Waals surface area contributed by atoms with Crippen LogP contribution in [0.5, 0.6) is 0 Å². The molecule has 2 rings (SSSR count). The van der Waals surface area contributed by atoms with Crippen LogP contribution in [-0.4, -0.2) is 48.8 Å². The van der Waals surface area contributed by atoms with Crippen LogP contribution >= 0.6 is 0 Å². The van der Waals surface area contributed by atoms with Crippen molar-refractivity contribution in [3.05, 3.63) is 0 Å². The maximum absolute atomic E-state index is 9.17. The molecule has 0 spiro atoms. The molecule has 0 aromatic rings. The Labute approximate surface area is 80.1 Å². The number of nitrogens with one attached hydrogen (secondary N) is 1. The van der Waals surface area contributed by atoms with Crippen molar-refractivity contribution in [2.45, 2.75) is 31.3 Å². The monoisotopic (exact) mass is 184 g/mol. The summed E-state index contributed by atoms with van der Waals surface area (Å²) in [7, 11) is 2.00. The maximum Gasteiger partial charge on any atom is 0.0475 e. The Kier molecular flexibility index (Phi) is 2.86. The molecule has 0 bridgehead atoms. The number of aliphatic hydroxyl groups is 1. The standard InChI is InChI=1S/C10H20N2O/c1-11-10-6-12(9-2-3-9)5-4-8(10)7-13/h8-11,13H,2-7H2,1H3. The Bertz CT molecular complexity index is 170. The van der Waals surface area contributed by atoms with Crippen molar-refractivity contribution in [2.75, 3.05) is 26.7 Å². The van der Waals surface area contributed by atoms with E-state index in [0.29, 0.717) is 18.6 Å². The second-order valence-corrected chi connectivity index (χ2v) is 4.35. The molecule has 1 saturated carbocycles. The first kappa shape index (κ1) is 9.44. The average molecular weight is 184 g/mol. The number of hydrogen-bond acceptors (Lipinski definition) is 3. The second-order valence-electron chi connectivity index (χ2n) is 4.35. The lowest BCUT2D eigenvalue weighted by Crippen LogP contribution is -2.51. The molecule has 0 radical (unpaired) electrons. The minimum Gasteiger partial charge on any atom is -0.396 e. The molecular formula is C10H20N2O. The summed E-state index contributed by atoms with van der Waals surface area (Å²) >= 11 is 0. The molecule has 2 fully saturated rings. The van der Waals surface area contributed by atoms with Gasteiger partial charge in [-0.25, -0.2) is 0 Å². The molecule has 3 nitrogen and oxygen atoms in total. The van der Waals surface area contributed by atoms with Gasteiger partial charge in [0.25, 0.3) is 0 Å². The van der Waals surface area contributed by atoms with Crippen molar-refractivity contribution >= 4 is 0 Å². The highest BCUT2D eigenvalue weighted by atomic mass is 16.3. The molecule has 2 atom stereocenters. The number of piperidine rings is 1. The highest BCUT2D eigenvalue weighted by Gasteiger charge is 2.35. The Hall–Kier alpha value is -0.120. The summed E-state index contributed by atoms with van der Waals surface area (Å²) in [5.74, 6) is 0.472. The van der Waals surface area contributed by atoms with Crippen LogP contribution in [0, 0.1) is 5.92 Å². The molecule has 2 N–H and O–H groups in total. The van der Waals surface area contributed by atoms with Gasteiger partial charge in [0.15, 0.2) is 0 Å². The van der Waals surface area contributed by atoms with Crippen molar-refractivity contribution in [1.29, 1.82) is 0 Å². The summed E-state index contributed by atoms with van der Waals surface area (Å²) in [6.45, 7) is 2.66. The predicted molar refractivity (Wildman–Crippen MR) is 52.6 cm³/mol. The summed E-state index contributed by atoms with van der Waals surface area (Å²) in [4.78, 5) is 2.58. The van der Waals surface area contributed by atoms with Gasteiger partial charge in [0.05, 0.1) is 0 Å². The molecule has 1 aliphatic heterocycles. The van der Waals surface area contributed by atoms with Crippen LogP contribution in [0.1, 0.15) is 19.3 Å². The van der Waals surface area contributed by atoms with Crippen molar-refractivity contribution in [3.8, 4) is 0 Å². The van der Waals surface area contributed by atoms with E-state index < -0.39 is 0 Å². The van der Waals surface area contributed by atoms with E-state index >= 15 is 0 Å². The quantitative estimate of drug-likeness (QED) is 0.650. The van der Waals surface area contributed by atoms with Crippen LogP contribution in [0.2, 0.25) is 0 Å². The zero-order chi connectivity index (χ0) is 9.26. The van der Waals surface area contributed by atoms with E-state index in [4.69, 9.17) is 0 Å². The number of likely N-dealkylation sites (N-methyl/N-ethyl adjacent to an activating group) is 1. The Balaban J connectivity index is 1.88. The third-order valence-corrected chi connectivity index (χ3v) is 3.46. The summed E-state index contributed by atoms with van der Waals surface area (Å²) in [6.07, 6.45) is 3.93. The fraction of sp³-hybridized carbons (Fsp3) is 1.00. The summed E-state index contributed by atoms with van der Waals surface area (Å²) in [5, 5.41) is 12.5. The van der Waals surface area contributed by atoms with E-state index in [1.54, 1.807) is 0 Å². The zero-order valence-electron chi connectivity index (χ0n) is 8.37. The predicted octanol–water partition coefficient (Wildman–Crippen LogP) is 0.0510. The van der Waals surface area contributed by atoms with E-state index in [0.717, 1.165) is 19.0 Å². The van der Waals surface area contributed by atoms with Crippen LogP contribution in [-0.2, 0) is 0 Å². The lowest BCUT2D eigenvalue weighted by Gasteiger charge is -2.37. The van der Waals surface area contributed by atoms with Crippen molar-refractivity contribution in [3.63, 3.8) is 0 Å². The lowest BCUT2D eigenvalue weighted by atomic mass is 9.92. The fourth-order valence-corrected chi connectivity index (χ4v) is 2.34. The van der Waals surface area contributed by atoms with E-state index in [-0.39, 0.29) is 0 Å². The van der Waals surface area contributed by atoms with Gasteiger partial charge in [-0.2, -0.15) is 0 Å². The van der Waals surface area contributed by atoms with Crippen LogP contribution < -0.4 is 5.32 Å². The van der Waals surface area contributed by atoms with E-state index in [1.165, 1.54) is 19.4 Å². The molecule has 76 valence electrons. The van der Waals surface area contributed by atoms with Crippen LogP contribution in [0.15, 0.2) is 0 Å². The Morgan fingerprint density at radius 1 is 1.38 bits per heavy atom. The van der Waals surface area contributed by atoms with Gasteiger partial charge in [0.1, 0.15) is 0 Å². The molecule has 3 heteroatoms. The molecule has 0 amide bonds. The normalized spacial score (nSPS) is 36.5. The Morgan fingerprint density at radius 3 is 2.69 bits per heavy atom. The van der Waals surface area contributed by atoms with Gasteiger partial charge in [-0.3, -0.25) is 4.90 Å². The number of aliphatic hydroxyl groups excluding tert-OH is 1. The molecule has 2 unspecified atom stereocenters. The van der Waals surface area contributed by atoms with Crippen LogP contribution in [0.4, 0.5) is 0 Å². The molecule has 2 aliphatic rings. The topological polar surface area (TPSA) is 35.5 Å². The third kappa shape index (κ3) is 2.03. The highest BCUT2D eigenvalue weighted by Crippen LogP contribution is 2.30. The molecule has 1 aliphatic carbocycles. The first-order valence-electron chi connectivity index (χ1n) is 5.37. The second kappa shape index (κ2) is 3.95.